The summed E-state index contributed by atoms with van der Waals surface area (Å²) in [5.74, 6) is 0.351. The number of piperidine rings is 1. The molecule has 0 unspecified atom stereocenters. The van der Waals surface area contributed by atoms with Gasteiger partial charge in [0.1, 0.15) is 11.4 Å². The van der Waals surface area contributed by atoms with E-state index in [1.807, 2.05) is 14.0 Å². The number of amides is 1. The molecule has 2 aliphatic rings. The maximum atomic E-state index is 12.8. The van der Waals surface area contributed by atoms with E-state index < -0.39 is 0 Å². The van der Waals surface area contributed by atoms with E-state index in [4.69, 9.17) is 4.63 Å². The van der Waals surface area contributed by atoms with E-state index in [1.54, 1.807) is 4.90 Å². The first-order chi connectivity index (χ1) is 11.1. The van der Waals surface area contributed by atoms with Crippen molar-refractivity contribution in [2.45, 2.75) is 64.5 Å². The fourth-order valence-corrected chi connectivity index (χ4v) is 3.99. The quantitative estimate of drug-likeness (QED) is 0.852. The molecule has 1 aliphatic carbocycles. The topological polar surface area (TPSA) is 62.5 Å². The number of aryl methyl sites for hydroxylation is 1. The van der Waals surface area contributed by atoms with Gasteiger partial charge in [-0.3, -0.25) is 9.69 Å². The molecule has 6 heteroatoms. The van der Waals surface area contributed by atoms with Gasteiger partial charge in [-0.25, -0.2) is 4.63 Å². The van der Waals surface area contributed by atoms with Crippen molar-refractivity contribution in [2.24, 2.45) is 5.92 Å². The largest absolute Gasteiger partial charge is 0.339 e. The van der Waals surface area contributed by atoms with Gasteiger partial charge in [-0.15, -0.1) is 0 Å². The molecule has 0 bridgehead atoms. The maximum absolute atomic E-state index is 12.8. The van der Waals surface area contributed by atoms with E-state index in [1.165, 1.54) is 32.1 Å². The standard InChI is InChI=1S/C17H28N4O2/c1-13-16(19-23-18-13)12-20(2)17(22)14-7-6-10-21(11-14)15-8-4-3-5-9-15/h14-15H,3-12H2,1-2H3/t14-/m1/s1. The lowest BCUT2D eigenvalue weighted by Crippen LogP contribution is -2.47. The SMILES string of the molecule is Cc1nonc1CN(C)C(=O)[C@@H]1CCCN(C2CCCCC2)C1. The van der Waals surface area contributed by atoms with E-state index in [0.29, 0.717) is 12.6 Å². The molecular formula is C17H28N4O2. The first kappa shape index (κ1) is 16.4. The molecule has 3 rings (SSSR count). The maximum Gasteiger partial charge on any atom is 0.227 e. The summed E-state index contributed by atoms with van der Waals surface area (Å²) < 4.78 is 4.72. The summed E-state index contributed by atoms with van der Waals surface area (Å²) in [5, 5.41) is 7.66. The van der Waals surface area contributed by atoms with Crippen molar-refractivity contribution >= 4 is 5.91 Å². The van der Waals surface area contributed by atoms with E-state index in [9.17, 15) is 4.79 Å². The summed E-state index contributed by atoms with van der Waals surface area (Å²) >= 11 is 0. The Hall–Kier alpha value is -1.43. The van der Waals surface area contributed by atoms with Gasteiger partial charge in [-0.2, -0.15) is 0 Å². The predicted octanol–water partition coefficient (Wildman–Crippen LogP) is 2.38. The summed E-state index contributed by atoms with van der Waals surface area (Å²) in [6, 6.07) is 0.701. The third-order valence-electron chi connectivity index (χ3n) is 5.40. The number of aromatic nitrogens is 2. The zero-order valence-corrected chi connectivity index (χ0v) is 14.3. The Balaban J connectivity index is 1.56. The van der Waals surface area contributed by atoms with Gasteiger partial charge >= 0.3 is 0 Å². The molecule has 1 aromatic heterocycles. The highest BCUT2D eigenvalue weighted by Gasteiger charge is 2.32. The number of hydrogen-bond donors (Lipinski definition) is 0. The highest BCUT2D eigenvalue weighted by molar-refractivity contribution is 5.78. The lowest BCUT2D eigenvalue weighted by Gasteiger charge is -2.40. The predicted molar refractivity (Wildman–Crippen MR) is 86.7 cm³/mol. The molecule has 1 aromatic rings. The molecule has 1 atom stereocenters. The molecule has 1 amide bonds. The van der Waals surface area contributed by atoms with Gasteiger partial charge < -0.3 is 4.90 Å². The summed E-state index contributed by atoms with van der Waals surface area (Å²) in [6.07, 6.45) is 8.81. The molecule has 1 aliphatic heterocycles. The van der Waals surface area contributed by atoms with Crippen LogP contribution in [-0.4, -0.2) is 52.2 Å². The van der Waals surface area contributed by atoms with Gasteiger partial charge in [-0.05, 0) is 39.2 Å². The molecule has 6 nitrogen and oxygen atoms in total. The van der Waals surface area contributed by atoms with E-state index in [-0.39, 0.29) is 11.8 Å². The molecule has 1 saturated carbocycles. The van der Waals surface area contributed by atoms with Gasteiger partial charge in [0.25, 0.3) is 0 Å². The number of carbonyl (C=O) groups is 1. The minimum absolute atomic E-state index is 0.121. The first-order valence-electron chi connectivity index (χ1n) is 8.92. The second-order valence-electron chi connectivity index (χ2n) is 7.12. The van der Waals surface area contributed by atoms with Crippen molar-refractivity contribution in [3.05, 3.63) is 11.4 Å². The van der Waals surface area contributed by atoms with Crippen LogP contribution in [-0.2, 0) is 11.3 Å². The highest BCUT2D eigenvalue weighted by atomic mass is 16.6. The van der Waals surface area contributed by atoms with Crippen molar-refractivity contribution < 1.29 is 9.42 Å². The van der Waals surface area contributed by atoms with Crippen LogP contribution in [0.25, 0.3) is 0 Å². The molecule has 23 heavy (non-hydrogen) atoms. The smallest absolute Gasteiger partial charge is 0.227 e. The molecule has 0 spiro atoms. The fraction of sp³-hybridized carbons (Fsp3) is 0.824. The van der Waals surface area contributed by atoms with Crippen molar-refractivity contribution in [1.29, 1.82) is 0 Å². The number of rotatable bonds is 4. The minimum atomic E-state index is 0.121. The Morgan fingerprint density at radius 2 is 2.00 bits per heavy atom. The van der Waals surface area contributed by atoms with Crippen LogP contribution >= 0.6 is 0 Å². The van der Waals surface area contributed by atoms with Crippen molar-refractivity contribution in [2.75, 3.05) is 20.1 Å². The molecular weight excluding hydrogens is 292 g/mol. The number of hydrogen-bond acceptors (Lipinski definition) is 5. The van der Waals surface area contributed by atoms with Crippen LogP contribution < -0.4 is 0 Å². The lowest BCUT2D eigenvalue weighted by atomic mass is 9.89. The van der Waals surface area contributed by atoms with Crippen LogP contribution in [0.15, 0.2) is 4.63 Å². The van der Waals surface area contributed by atoms with Crippen LogP contribution in [0.5, 0.6) is 0 Å². The zero-order chi connectivity index (χ0) is 16.2. The Morgan fingerprint density at radius 3 is 2.70 bits per heavy atom. The monoisotopic (exact) mass is 320 g/mol. The van der Waals surface area contributed by atoms with Crippen LogP contribution in [0.2, 0.25) is 0 Å². The summed E-state index contributed by atoms with van der Waals surface area (Å²) in [5.41, 5.74) is 1.51. The molecule has 0 aromatic carbocycles. The van der Waals surface area contributed by atoms with E-state index in [2.05, 4.69) is 15.2 Å². The Morgan fingerprint density at radius 1 is 1.22 bits per heavy atom. The molecule has 0 radical (unpaired) electrons. The Bertz CT molecular complexity index is 524. The van der Waals surface area contributed by atoms with Crippen LogP contribution in [0.1, 0.15) is 56.3 Å². The molecule has 2 heterocycles. The number of nitrogens with zero attached hydrogens (tertiary/aromatic N) is 4. The van der Waals surface area contributed by atoms with Gasteiger partial charge in [-0.1, -0.05) is 29.6 Å². The Labute approximate surface area is 138 Å². The van der Waals surface area contributed by atoms with Crippen molar-refractivity contribution in [3.8, 4) is 0 Å². The minimum Gasteiger partial charge on any atom is -0.339 e. The molecule has 128 valence electrons. The summed E-state index contributed by atoms with van der Waals surface area (Å²) in [6.45, 7) is 4.41. The van der Waals surface area contributed by atoms with Gasteiger partial charge in [0.15, 0.2) is 0 Å². The average molecular weight is 320 g/mol. The number of likely N-dealkylation sites (tertiary alicyclic amines) is 1. The molecule has 0 N–H and O–H groups in total. The lowest BCUT2D eigenvalue weighted by molar-refractivity contribution is -0.137. The average Bonchev–Trinajstić information content (AvgIpc) is 3.00. The van der Waals surface area contributed by atoms with Crippen molar-refractivity contribution in [3.63, 3.8) is 0 Å². The second kappa shape index (κ2) is 7.43. The second-order valence-corrected chi connectivity index (χ2v) is 7.12. The third-order valence-corrected chi connectivity index (χ3v) is 5.40. The van der Waals surface area contributed by atoms with Crippen LogP contribution in [0.3, 0.4) is 0 Å². The van der Waals surface area contributed by atoms with Gasteiger partial charge in [0, 0.05) is 19.6 Å². The van der Waals surface area contributed by atoms with Gasteiger partial charge in [0.2, 0.25) is 5.91 Å². The molecule has 2 fully saturated rings. The van der Waals surface area contributed by atoms with Crippen LogP contribution in [0, 0.1) is 12.8 Å². The normalized spacial score (nSPS) is 23.8. The van der Waals surface area contributed by atoms with Crippen LogP contribution in [0.4, 0.5) is 0 Å². The summed E-state index contributed by atoms with van der Waals surface area (Å²) in [7, 11) is 1.86. The fourth-order valence-electron chi connectivity index (χ4n) is 3.99. The zero-order valence-electron chi connectivity index (χ0n) is 14.3. The van der Waals surface area contributed by atoms with E-state index >= 15 is 0 Å². The third kappa shape index (κ3) is 3.91. The van der Waals surface area contributed by atoms with Gasteiger partial charge in [0.05, 0.1) is 12.5 Å². The Kier molecular flexibility index (Phi) is 5.30. The summed E-state index contributed by atoms with van der Waals surface area (Å²) in [4.78, 5) is 17.1. The van der Waals surface area contributed by atoms with Crippen molar-refractivity contribution in [1.82, 2.24) is 20.1 Å². The molecule has 1 saturated heterocycles. The highest BCUT2D eigenvalue weighted by Crippen LogP contribution is 2.28. The number of carbonyl (C=O) groups excluding carboxylic acids is 1. The van der Waals surface area contributed by atoms with E-state index in [0.717, 1.165) is 37.3 Å². The first-order valence-corrected chi connectivity index (χ1v) is 8.92.